The van der Waals surface area contributed by atoms with Crippen LogP contribution in [0.3, 0.4) is 0 Å². The van der Waals surface area contributed by atoms with Crippen molar-refractivity contribution < 1.29 is 4.79 Å². The minimum Gasteiger partial charge on any atom is -0.359 e. The Morgan fingerprint density at radius 2 is 2.03 bits per heavy atom. The number of nitrogens with one attached hydrogen (secondary N) is 3. The van der Waals surface area contributed by atoms with Crippen LogP contribution >= 0.6 is 0 Å². The number of rotatable bonds is 7. The van der Waals surface area contributed by atoms with Crippen molar-refractivity contribution in [2.45, 2.75) is 12.5 Å². The number of hydrogen-bond donors (Lipinski definition) is 4. The SMILES string of the molecule is CN(C)Cc1cccc(C(CN)C(=O)Nc2cccc3c(-c4cn[nH]c4)c[nH]c23)c1. The van der Waals surface area contributed by atoms with Gasteiger partial charge in [-0.3, -0.25) is 9.89 Å². The predicted molar refractivity (Wildman–Crippen MR) is 120 cm³/mol. The van der Waals surface area contributed by atoms with Gasteiger partial charge in [0.2, 0.25) is 5.91 Å². The van der Waals surface area contributed by atoms with Gasteiger partial charge in [0.1, 0.15) is 0 Å². The van der Waals surface area contributed by atoms with E-state index in [9.17, 15) is 4.79 Å². The van der Waals surface area contributed by atoms with Crippen molar-refractivity contribution in [3.63, 3.8) is 0 Å². The van der Waals surface area contributed by atoms with E-state index in [0.717, 1.165) is 45.4 Å². The number of fused-ring (bicyclic) bond motifs is 1. The van der Waals surface area contributed by atoms with Crippen LogP contribution in [0.5, 0.6) is 0 Å². The zero-order valence-electron chi connectivity index (χ0n) is 17.1. The van der Waals surface area contributed by atoms with E-state index in [2.05, 4.69) is 37.5 Å². The van der Waals surface area contributed by atoms with E-state index in [4.69, 9.17) is 5.73 Å². The van der Waals surface area contributed by atoms with Gasteiger partial charge in [-0.15, -0.1) is 0 Å². The highest BCUT2D eigenvalue weighted by Crippen LogP contribution is 2.32. The summed E-state index contributed by atoms with van der Waals surface area (Å²) in [6.45, 7) is 1.05. The summed E-state index contributed by atoms with van der Waals surface area (Å²) < 4.78 is 0. The highest BCUT2D eigenvalue weighted by atomic mass is 16.1. The Morgan fingerprint density at radius 3 is 2.77 bits per heavy atom. The molecule has 1 atom stereocenters. The molecule has 5 N–H and O–H groups in total. The molecule has 0 spiro atoms. The van der Waals surface area contributed by atoms with Gasteiger partial charge in [-0.25, -0.2) is 0 Å². The van der Waals surface area contributed by atoms with Crippen LogP contribution in [-0.4, -0.2) is 46.6 Å². The Bertz CT molecular complexity index is 1150. The maximum Gasteiger partial charge on any atom is 0.233 e. The summed E-state index contributed by atoms with van der Waals surface area (Å²) in [5.74, 6) is -0.544. The lowest BCUT2D eigenvalue weighted by Crippen LogP contribution is -2.27. The topological polar surface area (TPSA) is 103 Å². The molecular formula is C23H26N6O. The normalized spacial score (nSPS) is 12.4. The van der Waals surface area contributed by atoms with E-state index in [1.54, 1.807) is 6.20 Å². The van der Waals surface area contributed by atoms with E-state index in [-0.39, 0.29) is 12.5 Å². The molecule has 4 aromatic rings. The summed E-state index contributed by atoms with van der Waals surface area (Å²) in [7, 11) is 4.04. The van der Waals surface area contributed by atoms with E-state index in [0.29, 0.717) is 0 Å². The molecule has 0 saturated heterocycles. The van der Waals surface area contributed by atoms with Crippen LogP contribution in [0.15, 0.2) is 61.1 Å². The first-order valence-corrected chi connectivity index (χ1v) is 9.90. The van der Waals surface area contributed by atoms with Crippen molar-refractivity contribution in [1.82, 2.24) is 20.1 Å². The van der Waals surface area contributed by atoms with Gasteiger partial charge < -0.3 is 20.9 Å². The maximum absolute atomic E-state index is 13.1. The van der Waals surface area contributed by atoms with Gasteiger partial charge in [0.15, 0.2) is 0 Å². The number of carbonyl (C=O) groups excluding carboxylic acids is 1. The summed E-state index contributed by atoms with van der Waals surface area (Å²) in [4.78, 5) is 18.5. The van der Waals surface area contributed by atoms with E-state index < -0.39 is 5.92 Å². The van der Waals surface area contributed by atoms with Crippen LogP contribution in [0.2, 0.25) is 0 Å². The van der Waals surface area contributed by atoms with E-state index >= 15 is 0 Å². The van der Waals surface area contributed by atoms with Crippen LogP contribution in [0.4, 0.5) is 5.69 Å². The number of H-pyrrole nitrogens is 2. The first-order chi connectivity index (χ1) is 14.6. The predicted octanol–water partition coefficient (Wildman–Crippen LogP) is 3.30. The molecule has 7 heteroatoms. The molecule has 0 aliphatic rings. The van der Waals surface area contributed by atoms with Crippen LogP contribution in [0, 0.1) is 0 Å². The molecule has 0 fully saturated rings. The van der Waals surface area contributed by atoms with Crippen molar-refractivity contribution in [3.8, 4) is 11.1 Å². The van der Waals surface area contributed by atoms with Gasteiger partial charge in [-0.1, -0.05) is 36.4 Å². The lowest BCUT2D eigenvalue weighted by molar-refractivity contribution is -0.117. The molecule has 0 aliphatic heterocycles. The number of nitrogens with zero attached hydrogens (tertiary/aromatic N) is 2. The number of anilines is 1. The molecule has 1 unspecified atom stereocenters. The number of aromatic amines is 2. The third-order valence-electron chi connectivity index (χ3n) is 5.19. The maximum atomic E-state index is 13.1. The largest absolute Gasteiger partial charge is 0.359 e. The molecule has 0 aliphatic carbocycles. The van der Waals surface area contributed by atoms with Crippen molar-refractivity contribution in [2.75, 3.05) is 26.0 Å². The summed E-state index contributed by atoms with van der Waals surface area (Å²) in [6, 6.07) is 13.9. The fourth-order valence-corrected chi connectivity index (χ4v) is 3.78. The number of aromatic nitrogens is 3. The van der Waals surface area contributed by atoms with Gasteiger partial charge in [-0.2, -0.15) is 5.10 Å². The summed E-state index contributed by atoms with van der Waals surface area (Å²) >= 11 is 0. The summed E-state index contributed by atoms with van der Waals surface area (Å²) in [6.07, 6.45) is 5.55. The summed E-state index contributed by atoms with van der Waals surface area (Å²) in [5.41, 5.74) is 11.7. The van der Waals surface area contributed by atoms with Crippen LogP contribution in [0.1, 0.15) is 17.0 Å². The molecule has 4 rings (SSSR count). The third-order valence-corrected chi connectivity index (χ3v) is 5.19. The van der Waals surface area contributed by atoms with Gasteiger partial charge in [0.25, 0.3) is 0 Å². The Labute approximate surface area is 175 Å². The molecular weight excluding hydrogens is 376 g/mol. The second kappa shape index (κ2) is 8.52. The number of carbonyl (C=O) groups is 1. The Kier molecular flexibility index (Phi) is 5.65. The Hall–Kier alpha value is -3.42. The second-order valence-electron chi connectivity index (χ2n) is 7.68. The molecule has 2 aromatic heterocycles. The van der Waals surface area contributed by atoms with Crippen molar-refractivity contribution in [2.24, 2.45) is 5.73 Å². The van der Waals surface area contributed by atoms with E-state index in [1.165, 1.54) is 0 Å². The molecule has 0 bridgehead atoms. The zero-order chi connectivity index (χ0) is 21.1. The van der Waals surface area contributed by atoms with Crippen LogP contribution in [-0.2, 0) is 11.3 Å². The molecule has 0 radical (unpaired) electrons. The van der Waals surface area contributed by atoms with Gasteiger partial charge in [-0.05, 0) is 31.3 Å². The van der Waals surface area contributed by atoms with Crippen LogP contribution < -0.4 is 11.1 Å². The first kappa shape index (κ1) is 19.9. The minimum atomic E-state index is -0.425. The molecule has 7 nitrogen and oxygen atoms in total. The quantitative estimate of drug-likeness (QED) is 0.381. The first-order valence-electron chi connectivity index (χ1n) is 9.90. The monoisotopic (exact) mass is 402 g/mol. The van der Waals surface area contributed by atoms with Gasteiger partial charge in [0.05, 0.1) is 23.3 Å². The fraction of sp³-hybridized carbons (Fsp3) is 0.217. The Morgan fingerprint density at radius 1 is 1.20 bits per heavy atom. The lowest BCUT2D eigenvalue weighted by atomic mass is 9.96. The summed E-state index contributed by atoms with van der Waals surface area (Å²) in [5, 5.41) is 10.9. The number of benzene rings is 2. The minimum absolute atomic E-state index is 0.119. The fourth-order valence-electron chi connectivity index (χ4n) is 3.78. The molecule has 1 amide bonds. The lowest BCUT2D eigenvalue weighted by Gasteiger charge is -2.18. The molecule has 154 valence electrons. The number of hydrogen-bond acceptors (Lipinski definition) is 4. The molecule has 0 saturated carbocycles. The molecule has 30 heavy (non-hydrogen) atoms. The standard InChI is InChI=1S/C23H26N6O/c1-29(2)14-15-5-3-6-16(9-15)19(10-24)23(30)28-21-8-4-7-18-20(13-25-22(18)21)17-11-26-27-12-17/h3-9,11-13,19,25H,10,14,24H2,1-2H3,(H,26,27)(H,28,30). The van der Waals surface area contributed by atoms with Crippen LogP contribution in [0.25, 0.3) is 22.0 Å². The Balaban J connectivity index is 1.61. The highest BCUT2D eigenvalue weighted by molar-refractivity contribution is 6.07. The molecule has 2 heterocycles. The number of nitrogens with two attached hydrogens (primary N) is 1. The smallest absolute Gasteiger partial charge is 0.233 e. The zero-order valence-corrected chi connectivity index (χ0v) is 17.1. The van der Waals surface area contributed by atoms with Gasteiger partial charge >= 0.3 is 0 Å². The van der Waals surface area contributed by atoms with Crippen molar-refractivity contribution in [3.05, 3.63) is 72.2 Å². The van der Waals surface area contributed by atoms with Gasteiger partial charge in [0, 0.05) is 42.0 Å². The number of para-hydroxylation sites is 1. The van der Waals surface area contributed by atoms with Crippen molar-refractivity contribution in [1.29, 1.82) is 0 Å². The number of amides is 1. The third kappa shape index (κ3) is 3.98. The van der Waals surface area contributed by atoms with Crippen molar-refractivity contribution >= 4 is 22.5 Å². The average molecular weight is 403 g/mol. The highest BCUT2D eigenvalue weighted by Gasteiger charge is 2.21. The average Bonchev–Trinajstić information content (AvgIpc) is 3.38. The van der Waals surface area contributed by atoms with E-state index in [1.807, 2.05) is 56.8 Å². The molecule has 2 aromatic carbocycles. The second-order valence-corrected chi connectivity index (χ2v) is 7.68.